The molecule has 0 unspecified atom stereocenters. The molecular weight excluding hydrogens is 601 g/mol. The molecule has 0 saturated carbocycles. The normalized spacial score (nSPS) is 11.1. The van der Waals surface area contributed by atoms with Crippen molar-refractivity contribution in [2.75, 3.05) is 25.0 Å². The molecule has 1 aromatic carbocycles. The van der Waals surface area contributed by atoms with Gasteiger partial charge in [-0.2, -0.15) is 18.6 Å². The summed E-state index contributed by atoms with van der Waals surface area (Å²) < 4.78 is 46.8. The van der Waals surface area contributed by atoms with Crippen molar-refractivity contribution in [1.82, 2.24) is 40.6 Å². The van der Waals surface area contributed by atoms with Crippen LogP contribution in [0, 0.1) is 0 Å². The number of pyridine rings is 2. The summed E-state index contributed by atoms with van der Waals surface area (Å²) in [7, 11) is -2.81. The summed E-state index contributed by atoms with van der Waals surface area (Å²) in [4.78, 5) is 17.4. The van der Waals surface area contributed by atoms with Gasteiger partial charge in [0.25, 0.3) is 15.9 Å². The predicted molar refractivity (Wildman–Crippen MR) is 153 cm³/mol. The predicted octanol–water partition coefficient (Wildman–Crippen LogP) is 0.214. The summed E-state index contributed by atoms with van der Waals surface area (Å²) in [5.41, 5.74) is 1.66. The van der Waals surface area contributed by atoms with Crippen LogP contribution >= 0.6 is 0 Å². The van der Waals surface area contributed by atoms with Crippen molar-refractivity contribution in [2.45, 2.75) is 24.8 Å². The van der Waals surface area contributed by atoms with Gasteiger partial charge in [-0.3, -0.25) is 9.71 Å². The van der Waals surface area contributed by atoms with Crippen LogP contribution in [-0.2, 0) is 10.0 Å². The average molecular weight is 629 g/mol. The number of hydrogen-bond donors (Lipinski definition) is 3. The summed E-state index contributed by atoms with van der Waals surface area (Å²) in [5.74, 6) is 0.458. The number of anilines is 1. The van der Waals surface area contributed by atoms with Crippen molar-refractivity contribution in [3.8, 4) is 46.0 Å². The van der Waals surface area contributed by atoms with Gasteiger partial charge in [-0.15, -0.1) is 10.2 Å². The Morgan fingerprint density at radius 3 is 2.48 bits per heavy atom. The number of sulfonamides is 1. The largest absolute Gasteiger partial charge is 1.00 e. The first-order chi connectivity index (χ1) is 20.8. The van der Waals surface area contributed by atoms with E-state index in [1.165, 1.54) is 25.6 Å². The number of tetrazole rings is 1. The number of para-hydroxylation sites is 2. The van der Waals surface area contributed by atoms with E-state index in [9.17, 15) is 13.5 Å². The van der Waals surface area contributed by atoms with Gasteiger partial charge in [0.2, 0.25) is 11.6 Å². The summed E-state index contributed by atoms with van der Waals surface area (Å²) in [6.07, 6.45) is 2.99. The van der Waals surface area contributed by atoms with Crippen LogP contribution in [0.4, 0.5) is 5.82 Å². The molecule has 0 fully saturated rings. The van der Waals surface area contributed by atoms with Crippen LogP contribution in [0.15, 0.2) is 66.0 Å². The monoisotopic (exact) mass is 628 g/mol. The maximum atomic E-state index is 13.6. The van der Waals surface area contributed by atoms with Crippen LogP contribution in [0.3, 0.4) is 0 Å². The van der Waals surface area contributed by atoms with E-state index in [0.29, 0.717) is 17.0 Å². The minimum absolute atomic E-state index is 0. The van der Waals surface area contributed by atoms with Crippen LogP contribution in [0.1, 0.15) is 25.3 Å². The molecule has 0 aliphatic carbocycles. The minimum Gasteiger partial charge on any atom is -0.493 e. The second kappa shape index (κ2) is 14.5. The van der Waals surface area contributed by atoms with Crippen LogP contribution < -0.4 is 48.5 Å². The Kier molecular flexibility index (Phi) is 10.8. The van der Waals surface area contributed by atoms with Crippen LogP contribution in [-0.4, -0.2) is 74.4 Å². The Morgan fingerprint density at radius 1 is 1.02 bits per heavy atom. The first-order valence-electron chi connectivity index (χ1n) is 12.9. The molecule has 5 aromatic rings. The molecule has 17 heteroatoms. The van der Waals surface area contributed by atoms with E-state index >= 15 is 0 Å². The van der Waals surface area contributed by atoms with Crippen molar-refractivity contribution in [3.05, 3.63) is 66.5 Å². The van der Waals surface area contributed by atoms with E-state index in [0.717, 1.165) is 5.56 Å². The van der Waals surface area contributed by atoms with Crippen molar-refractivity contribution in [2.24, 2.45) is 0 Å². The number of methoxy groups -OCH3 is 1. The minimum atomic E-state index is -4.28. The molecule has 222 valence electrons. The fourth-order valence-electron chi connectivity index (χ4n) is 3.81. The molecule has 0 bridgehead atoms. The quantitative estimate of drug-likeness (QED) is 0.159. The number of aromatic nitrogens is 8. The molecule has 4 aromatic heterocycles. The van der Waals surface area contributed by atoms with Crippen LogP contribution in [0.25, 0.3) is 22.9 Å². The number of H-pyrrole nitrogens is 1. The van der Waals surface area contributed by atoms with E-state index < -0.39 is 10.0 Å². The summed E-state index contributed by atoms with van der Waals surface area (Å²) in [6, 6.07) is 13.0. The molecule has 0 saturated heterocycles. The van der Waals surface area contributed by atoms with Gasteiger partial charge in [0.05, 0.1) is 13.7 Å². The Morgan fingerprint density at radius 2 is 1.82 bits per heavy atom. The molecule has 5 rings (SSSR count). The molecular formula is C27H27N9NaO6S+. The number of nitrogens with one attached hydrogen (secondary N) is 2. The Labute approximate surface area is 274 Å². The number of rotatable bonds is 12. The average Bonchev–Trinajstić information content (AvgIpc) is 3.57. The Bertz CT molecular complexity index is 1810. The molecule has 0 spiro atoms. The van der Waals surface area contributed by atoms with Gasteiger partial charge in [-0.05, 0) is 47.0 Å². The standard InChI is InChI=1S/C27H27N9O6S.Na/c1-16(2)18-8-9-22(29-15-18)43(38,39)34-26-23(42-21-7-5-4-6-20(21)40-3)27(41-13-12-37)31-24(30-26)17-10-11-28-19(14-17)25-32-35-36-33-25;/h4-11,14-16,37H,12-13H2,1-3H3,(H,30,31,34)(H,32,33,35,36);/q;+1. The van der Waals surface area contributed by atoms with Gasteiger partial charge in [-0.25, -0.2) is 9.97 Å². The van der Waals surface area contributed by atoms with E-state index in [1.807, 2.05) is 13.8 Å². The third-order valence-electron chi connectivity index (χ3n) is 5.97. The molecule has 0 amide bonds. The zero-order chi connectivity index (χ0) is 30.4. The van der Waals surface area contributed by atoms with E-state index in [2.05, 4.69) is 45.3 Å². The molecule has 44 heavy (non-hydrogen) atoms. The van der Waals surface area contributed by atoms with Gasteiger partial charge in [0.15, 0.2) is 28.2 Å². The smallest absolute Gasteiger partial charge is 0.493 e. The number of benzene rings is 1. The Hall–Kier alpha value is -4.22. The fourth-order valence-corrected chi connectivity index (χ4v) is 4.74. The third kappa shape index (κ3) is 7.46. The second-order valence-corrected chi connectivity index (χ2v) is 10.8. The number of ether oxygens (including phenoxy) is 3. The Balaban J connectivity index is 0.00000442. The number of aliphatic hydroxyl groups excluding tert-OH is 1. The first kappa shape index (κ1) is 32.7. The van der Waals surface area contributed by atoms with Crippen molar-refractivity contribution in [3.63, 3.8) is 0 Å². The van der Waals surface area contributed by atoms with E-state index in [-0.39, 0.29) is 88.6 Å². The molecule has 0 atom stereocenters. The topological polar surface area (TPSA) is 200 Å². The van der Waals surface area contributed by atoms with Crippen LogP contribution in [0.2, 0.25) is 0 Å². The molecule has 4 heterocycles. The van der Waals surface area contributed by atoms with Crippen molar-refractivity contribution >= 4 is 15.8 Å². The van der Waals surface area contributed by atoms with Gasteiger partial charge < -0.3 is 19.3 Å². The van der Waals surface area contributed by atoms with Crippen LogP contribution in [0.5, 0.6) is 23.1 Å². The molecule has 0 aliphatic heterocycles. The molecule has 0 radical (unpaired) electrons. The van der Waals surface area contributed by atoms with Gasteiger partial charge in [0.1, 0.15) is 12.3 Å². The zero-order valence-electron chi connectivity index (χ0n) is 24.3. The number of nitrogens with zero attached hydrogens (tertiary/aromatic N) is 7. The van der Waals surface area contributed by atoms with Gasteiger partial charge in [0, 0.05) is 18.0 Å². The van der Waals surface area contributed by atoms with Gasteiger partial charge >= 0.3 is 29.6 Å². The maximum absolute atomic E-state index is 13.6. The second-order valence-electron chi connectivity index (χ2n) is 9.21. The third-order valence-corrected chi connectivity index (χ3v) is 7.22. The SMILES string of the molecule is COc1ccccc1Oc1c(NS(=O)(=O)c2ccc(C(C)C)cn2)nc(-c2ccnc(-c3nn[nH]n3)c2)nc1OCCO.[Na+]. The summed E-state index contributed by atoms with van der Waals surface area (Å²) >= 11 is 0. The first-order valence-corrected chi connectivity index (χ1v) is 14.4. The molecule has 3 N–H and O–H groups in total. The van der Waals surface area contributed by atoms with E-state index in [4.69, 9.17) is 14.2 Å². The van der Waals surface area contributed by atoms with Gasteiger partial charge in [-0.1, -0.05) is 32.0 Å². The summed E-state index contributed by atoms with van der Waals surface area (Å²) in [6.45, 7) is 3.43. The molecule has 15 nitrogen and oxygen atoms in total. The molecule has 0 aliphatic rings. The van der Waals surface area contributed by atoms with Crippen molar-refractivity contribution in [1.29, 1.82) is 0 Å². The number of aliphatic hydroxyl groups is 1. The maximum Gasteiger partial charge on any atom is 1.00 e. The van der Waals surface area contributed by atoms with E-state index in [1.54, 1.807) is 42.5 Å². The summed E-state index contributed by atoms with van der Waals surface area (Å²) in [5, 5.41) is 23.1. The number of hydrogen-bond acceptors (Lipinski definition) is 13. The number of aromatic amines is 1. The fraction of sp³-hybridized carbons (Fsp3) is 0.222. The zero-order valence-corrected chi connectivity index (χ0v) is 27.1. The van der Waals surface area contributed by atoms with Crippen molar-refractivity contribution < 1.29 is 57.3 Å².